The molecule has 1 aromatic rings. The number of fused-ring (bicyclic) bond motifs is 1. The normalized spacial score (nSPS) is 23.2. The van der Waals surface area contributed by atoms with Gasteiger partial charge in [-0.25, -0.2) is 0 Å². The molecule has 1 aromatic carbocycles. The van der Waals surface area contributed by atoms with E-state index in [2.05, 4.69) is 18.3 Å². The van der Waals surface area contributed by atoms with Gasteiger partial charge >= 0.3 is 0 Å². The molecule has 0 spiro atoms. The van der Waals surface area contributed by atoms with Gasteiger partial charge in [0.2, 0.25) is 5.91 Å². The van der Waals surface area contributed by atoms with Crippen molar-refractivity contribution in [1.29, 1.82) is 0 Å². The molecule has 2 saturated heterocycles. The van der Waals surface area contributed by atoms with Crippen LogP contribution in [-0.4, -0.2) is 43.6 Å². The van der Waals surface area contributed by atoms with E-state index in [1.165, 1.54) is 5.56 Å². The average molecular weight is 353 g/mol. The van der Waals surface area contributed by atoms with E-state index in [1.54, 1.807) is 0 Å². The van der Waals surface area contributed by atoms with E-state index in [0.717, 1.165) is 62.2 Å². The van der Waals surface area contributed by atoms with E-state index >= 15 is 0 Å². The summed E-state index contributed by atoms with van der Waals surface area (Å²) in [5.74, 6) is 2.65. The second-order valence-corrected chi connectivity index (χ2v) is 7.00. The first-order valence-corrected chi connectivity index (χ1v) is 8.82. The van der Waals surface area contributed by atoms with Crippen molar-refractivity contribution in [3.8, 4) is 5.75 Å². The third kappa shape index (κ3) is 4.64. The number of hydrogen-bond donors (Lipinski definition) is 1. The largest absolute Gasteiger partial charge is 0.493 e. The molecule has 0 unspecified atom stereocenters. The smallest absolute Gasteiger partial charge is 0.225 e. The van der Waals surface area contributed by atoms with Gasteiger partial charge < -0.3 is 15.0 Å². The van der Waals surface area contributed by atoms with Crippen molar-refractivity contribution in [2.75, 3.05) is 32.8 Å². The van der Waals surface area contributed by atoms with Crippen LogP contribution in [0.15, 0.2) is 18.2 Å². The molecule has 24 heavy (non-hydrogen) atoms. The number of ether oxygens (including phenoxy) is 1. The number of carbonyl (C=O) groups is 1. The fourth-order valence-electron chi connectivity index (χ4n) is 3.84. The van der Waals surface area contributed by atoms with E-state index in [0.29, 0.717) is 13.0 Å². The minimum absolute atomic E-state index is 0. The lowest BCUT2D eigenvalue weighted by Gasteiger charge is -2.21. The van der Waals surface area contributed by atoms with Gasteiger partial charge in [0, 0.05) is 13.1 Å². The maximum Gasteiger partial charge on any atom is 0.225 e. The van der Waals surface area contributed by atoms with Gasteiger partial charge in [-0.3, -0.25) is 4.79 Å². The van der Waals surface area contributed by atoms with Crippen LogP contribution in [0, 0.1) is 25.7 Å². The highest BCUT2D eigenvalue weighted by atomic mass is 35.5. The molecular formula is C19H29ClN2O2. The van der Waals surface area contributed by atoms with Gasteiger partial charge in [0.05, 0.1) is 13.0 Å². The van der Waals surface area contributed by atoms with Crippen LogP contribution < -0.4 is 10.1 Å². The molecule has 3 rings (SSSR count). The molecule has 2 atom stereocenters. The summed E-state index contributed by atoms with van der Waals surface area (Å²) in [7, 11) is 0. The Balaban J connectivity index is 0.00000208. The first-order chi connectivity index (χ1) is 11.1. The molecule has 0 bridgehead atoms. The summed E-state index contributed by atoms with van der Waals surface area (Å²) in [4.78, 5) is 14.5. The second kappa shape index (κ2) is 8.72. The first-order valence-electron chi connectivity index (χ1n) is 8.82. The number of likely N-dealkylation sites (tertiary alicyclic amines) is 1. The molecule has 1 amide bonds. The van der Waals surface area contributed by atoms with Crippen molar-refractivity contribution in [3.05, 3.63) is 29.3 Å². The lowest BCUT2D eigenvalue weighted by Crippen LogP contribution is -2.33. The van der Waals surface area contributed by atoms with Crippen molar-refractivity contribution in [2.24, 2.45) is 11.8 Å². The Morgan fingerprint density at radius 3 is 2.50 bits per heavy atom. The first kappa shape index (κ1) is 19.1. The fourth-order valence-corrected chi connectivity index (χ4v) is 3.84. The van der Waals surface area contributed by atoms with Crippen LogP contribution in [0.25, 0.3) is 0 Å². The quantitative estimate of drug-likeness (QED) is 0.905. The summed E-state index contributed by atoms with van der Waals surface area (Å²) >= 11 is 0. The Morgan fingerprint density at radius 2 is 1.88 bits per heavy atom. The minimum Gasteiger partial charge on any atom is -0.493 e. The molecule has 134 valence electrons. The van der Waals surface area contributed by atoms with Gasteiger partial charge in [-0.1, -0.05) is 17.7 Å². The fraction of sp³-hybridized carbons (Fsp3) is 0.632. The maximum atomic E-state index is 12.4. The summed E-state index contributed by atoms with van der Waals surface area (Å²) in [6, 6.07) is 6.15. The SMILES string of the molecule is Cc1ccc(OCCC(=O)N2CC[C@@H]3CNC[C@@H]3CC2)c(C)c1.Cl. The lowest BCUT2D eigenvalue weighted by molar-refractivity contribution is -0.131. The van der Waals surface area contributed by atoms with Crippen LogP contribution in [0.5, 0.6) is 5.75 Å². The Bertz CT molecular complexity index is 550. The Morgan fingerprint density at radius 1 is 1.21 bits per heavy atom. The summed E-state index contributed by atoms with van der Waals surface area (Å²) in [6.07, 6.45) is 2.75. The Labute approximate surface area is 151 Å². The number of carbonyl (C=O) groups excluding carboxylic acids is 1. The number of hydrogen-bond acceptors (Lipinski definition) is 3. The maximum absolute atomic E-state index is 12.4. The van der Waals surface area contributed by atoms with Crippen molar-refractivity contribution < 1.29 is 9.53 Å². The predicted molar refractivity (Wildman–Crippen MR) is 98.9 cm³/mol. The topological polar surface area (TPSA) is 41.6 Å². The number of nitrogens with one attached hydrogen (secondary N) is 1. The van der Waals surface area contributed by atoms with Gasteiger partial charge in [0.25, 0.3) is 0 Å². The van der Waals surface area contributed by atoms with Gasteiger partial charge in [0.1, 0.15) is 5.75 Å². The number of rotatable bonds is 4. The number of nitrogens with zero attached hydrogens (tertiary/aromatic N) is 1. The average Bonchev–Trinajstić information content (AvgIpc) is 2.88. The van der Waals surface area contributed by atoms with E-state index in [9.17, 15) is 4.79 Å². The van der Waals surface area contributed by atoms with E-state index in [-0.39, 0.29) is 18.3 Å². The van der Waals surface area contributed by atoms with E-state index in [4.69, 9.17) is 4.74 Å². The highest BCUT2D eigenvalue weighted by Gasteiger charge is 2.31. The molecule has 0 saturated carbocycles. The molecule has 0 aliphatic carbocycles. The zero-order valence-electron chi connectivity index (χ0n) is 14.7. The number of amides is 1. The number of halogens is 1. The van der Waals surface area contributed by atoms with E-state index < -0.39 is 0 Å². The van der Waals surface area contributed by atoms with Crippen molar-refractivity contribution >= 4 is 18.3 Å². The van der Waals surface area contributed by atoms with Crippen LogP contribution in [0.1, 0.15) is 30.4 Å². The standard InChI is InChI=1S/C19H28N2O2.ClH/c1-14-3-4-18(15(2)11-14)23-10-7-19(22)21-8-5-16-12-20-13-17(16)6-9-21;/h3-4,11,16-17,20H,5-10,12-13H2,1-2H3;1H/t16-,17+;. The van der Waals surface area contributed by atoms with Crippen LogP contribution in [0.2, 0.25) is 0 Å². The van der Waals surface area contributed by atoms with Gasteiger partial charge in [-0.2, -0.15) is 0 Å². The lowest BCUT2D eigenvalue weighted by atomic mass is 9.92. The molecule has 0 aromatic heterocycles. The van der Waals surface area contributed by atoms with Crippen LogP contribution in [-0.2, 0) is 4.79 Å². The molecule has 5 heteroatoms. The zero-order valence-corrected chi connectivity index (χ0v) is 15.5. The van der Waals surface area contributed by atoms with Crippen molar-refractivity contribution in [2.45, 2.75) is 33.1 Å². The highest BCUT2D eigenvalue weighted by Crippen LogP contribution is 2.27. The van der Waals surface area contributed by atoms with Crippen molar-refractivity contribution in [3.63, 3.8) is 0 Å². The van der Waals surface area contributed by atoms with Gasteiger partial charge in [-0.05, 0) is 63.2 Å². The third-order valence-corrected chi connectivity index (χ3v) is 5.28. The van der Waals surface area contributed by atoms with Gasteiger partial charge in [0.15, 0.2) is 0 Å². The van der Waals surface area contributed by atoms with Gasteiger partial charge in [-0.15, -0.1) is 12.4 Å². The molecule has 4 nitrogen and oxygen atoms in total. The van der Waals surface area contributed by atoms with Crippen molar-refractivity contribution in [1.82, 2.24) is 10.2 Å². The van der Waals surface area contributed by atoms with Crippen LogP contribution in [0.3, 0.4) is 0 Å². The summed E-state index contributed by atoms with van der Waals surface area (Å²) in [6.45, 7) is 8.66. The predicted octanol–water partition coefficient (Wildman–Crippen LogP) is 2.95. The zero-order chi connectivity index (χ0) is 16.2. The van der Waals surface area contributed by atoms with Crippen LogP contribution >= 0.6 is 12.4 Å². The van der Waals surface area contributed by atoms with E-state index in [1.807, 2.05) is 24.0 Å². The Kier molecular flexibility index (Phi) is 6.93. The third-order valence-electron chi connectivity index (χ3n) is 5.28. The summed E-state index contributed by atoms with van der Waals surface area (Å²) in [5, 5.41) is 3.47. The molecule has 2 fully saturated rings. The monoisotopic (exact) mass is 352 g/mol. The highest BCUT2D eigenvalue weighted by molar-refractivity contribution is 5.85. The number of aryl methyl sites for hydroxylation is 2. The molecule has 1 N–H and O–H groups in total. The minimum atomic E-state index is 0. The second-order valence-electron chi connectivity index (χ2n) is 7.00. The number of benzene rings is 1. The van der Waals surface area contributed by atoms with Crippen LogP contribution in [0.4, 0.5) is 0 Å². The summed E-state index contributed by atoms with van der Waals surface area (Å²) in [5.41, 5.74) is 2.36. The molecular weight excluding hydrogens is 324 g/mol. The molecule has 2 heterocycles. The Hall–Kier alpha value is -1.26. The molecule has 2 aliphatic rings. The summed E-state index contributed by atoms with van der Waals surface area (Å²) < 4.78 is 5.80. The molecule has 0 radical (unpaired) electrons. The molecule has 2 aliphatic heterocycles.